The zero-order valence-corrected chi connectivity index (χ0v) is 12.7. The topological polar surface area (TPSA) is 46.5 Å². The molecule has 0 aliphatic heterocycles. The van der Waals surface area contributed by atoms with E-state index in [9.17, 15) is 4.79 Å². The summed E-state index contributed by atoms with van der Waals surface area (Å²) >= 11 is 0. The number of carboxylic acid groups (broad SMARTS) is 1. The van der Waals surface area contributed by atoms with Crippen LogP contribution in [0.4, 0.5) is 0 Å². The number of methoxy groups -OCH3 is 1. The van der Waals surface area contributed by atoms with Gasteiger partial charge in [-0.15, -0.1) is 0 Å². The molecule has 0 aromatic heterocycles. The first-order valence-electron chi connectivity index (χ1n) is 7.59. The van der Waals surface area contributed by atoms with E-state index in [1.807, 2.05) is 6.07 Å². The average molecular weight is 278 g/mol. The number of hydrogen-bond donors (Lipinski definition) is 1. The van der Waals surface area contributed by atoms with Crippen molar-refractivity contribution < 1.29 is 14.6 Å². The average Bonchev–Trinajstić information content (AvgIpc) is 2.46. The van der Waals surface area contributed by atoms with E-state index in [0.717, 1.165) is 18.4 Å². The van der Waals surface area contributed by atoms with Gasteiger partial charge in [-0.25, -0.2) is 4.79 Å². The fourth-order valence-electron chi connectivity index (χ4n) is 2.36. The van der Waals surface area contributed by atoms with Gasteiger partial charge in [-0.1, -0.05) is 51.5 Å². The van der Waals surface area contributed by atoms with Crippen LogP contribution < -0.4 is 4.74 Å². The van der Waals surface area contributed by atoms with Crippen molar-refractivity contribution in [2.45, 2.75) is 58.3 Å². The summed E-state index contributed by atoms with van der Waals surface area (Å²) in [7, 11) is 1.59. The zero-order chi connectivity index (χ0) is 14.8. The number of carboxylic acids is 1. The molecular formula is C17H26O3. The van der Waals surface area contributed by atoms with Crippen molar-refractivity contribution >= 4 is 5.97 Å². The van der Waals surface area contributed by atoms with E-state index < -0.39 is 5.97 Å². The van der Waals surface area contributed by atoms with Crippen molar-refractivity contribution in [2.75, 3.05) is 7.11 Å². The zero-order valence-electron chi connectivity index (χ0n) is 12.7. The smallest absolute Gasteiger partial charge is 0.335 e. The minimum atomic E-state index is -0.911. The highest BCUT2D eigenvalue weighted by Crippen LogP contribution is 2.22. The van der Waals surface area contributed by atoms with E-state index in [-0.39, 0.29) is 5.56 Å². The fraction of sp³-hybridized carbons (Fsp3) is 0.588. The van der Waals surface area contributed by atoms with Crippen LogP contribution >= 0.6 is 0 Å². The molecule has 0 aliphatic rings. The highest BCUT2D eigenvalue weighted by Gasteiger charge is 2.08. The predicted molar refractivity (Wildman–Crippen MR) is 81.7 cm³/mol. The lowest BCUT2D eigenvalue weighted by atomic mass is 10.0. The van der Waals surface area contributed by atoms with Gasteiger partial charge in [0, 0.05) is 0 Å². The number of benzene rings is 1. The van der Waals surface area contributed by atoms with Gasteiger partial charge < -0.3 is 9.84 Å². The molecule has 1 N–H and O–H groups in total. The number of hydrogen-bond acceptors (Lipinski definition) is 2. The lowest BCUT2D eigenvalue weighted by Crippen LogP contribution is -1.99. The van der Waals surface area contributed by atoms with Crippen LogP contribution in [0.15, 0.2) is 18.2 Å². The van der Waals surface area contributed by atoms with Crippen molar-refractivity contribution in [1.82, 2.24) is 0 Å². The maximum Gasteiger partial charge on any atom is 0.335 e. The Balaban J connectivity index is 2.38. The van der Waals surface area contributed by atoms with Crippen LogP contribution in [0.25, 0.3) is 0 Å². The SMILES string of the molecule is CCCCCCCCCc1ccc(C(=O)O)cc1OC. The summed E-state index contributed by atoms with van der Waals surface area (Å²) in [5.41, 5.74) is 1.39. The number of ether oxygens (including phenoxy) is 1. The molecule has 3 heteroatoms. The Kier molecular flexibility index (Phi) is 7.78. The molecular weight excluding hydrogens is 252 g/mol. The number of unbranched alkanes of at least 4 members (excludes halogenated alkanes) is 6. The molecule has 112 valence electrons. The van der Waals surface area contributed by atoms with Gasteiger partial charge in [0.2, 0.25) is 0 Å². The Morgan fingerprint density at radius 1 is 1.10 bits per heavy atom. The van der Waals surface area contributed by atoms with E-state index in [4.69, 9.17) is 9.84 Å². The van der Waals surface area contributed by atoms with E-state index in [1.165, 1.54) is 38.5 Å². The molecule has 20 heavy (non-hydrogen) atoms. The molecule has 0 aliphatic carbocycles. The Morgan fingerprint density at radius 3 is 2.35 bits per heavy atom. The summed E-state index contributed by atoms with van der Waals surface area (Å²) in [5.74, 6) is -0.221. The van der Waals surface area contributed by atoms with E-state index in [1.54, 1.807) is 19.2 Å². The molecule has 0 amide bonds. The van der Waals surface area contributed by atoms with Gasteiger partial charge in [0.25, 0.3) is 0 Å². The van der Waals surface area contributed by atoms with E-state index in [2.05, 4.69) is 6.92 Å². The van der Waals surface area contributed by atoms with Gasteiger partial charge in [-0.3, -0.25) is 0 Å². The van der Waals surface area contributed by atoms with Gasteiger partial charge in [0.1, 0.15) is 5.75 Å². The Morgan fingerprint density at radius 2 is 1.75 bits per heavy atom. The largest absolute Gasteiger partial charge is 0.496 e. The molecule has 0 atom stereocenters. The van der Waals surface area contributed by atoms with Crippen LogP contribution in [-0.4, -0.2) is 18.2 Å². The number of rotatable bonds is 10. The Bertz CT molecular complexity index is 413. The minimum absolute atomic E-state index is 0.283. The standard InChI is InChI=1S/C17H26O3/c1-3-4-5-6-7-8-9-10-14-11-12-15(17(18)19)13-16(14)20-2/h11-13H,3-10H2,1-2H3,(H,18,19). The second-order valence-electron chi connectivity index (χ2n) is 5.20. The summed E-state index contributed by atoms with van der Waals surface area (Å²) in [6.45, 7) is 2.23. The highest BCUT2D eigenvalue weighted by molar-refractivity contribution is 5.88. The van der Waals surface area contributed by atoms with Gasteiger partial charge in [-0.2, -0.15) is 0 Å². The van der Waals surface area contributed by atoms with Crippen LogP contribution in [0.1, 0.15) is 67.8 Å². The van der Waals surface area contributed by atoms with Crippen LogP contribution in [0.5, 0.6) is 5.75 Å². The number of carbonyl (C=O) groups is 1. The molecule has 1 aromatic carbocycles. The van der Waals surface area contributed by atoms with Crippen molar-refractivity contribution in [3.05, 3.63) is 29.3 Å². The van der Waals surface area contributed by atoms with Gasteiger partial charge >= 0.3 is 5.97 Å². The summed E-state index contributed by atoms with van der Waals surface area (Å²) < 4.78 is 5.28. The van der Waals surface area contributed by atoms with Gasteiger partial charge in [-0.05, 0) is 30.5 Å². The second kappa shape index (κ2) is 9.40. The molecule has 0 unspecified atom stereocenters. The van der Waals surface area contributed by atoms with Crippen molar-refractivity contribution in [2.24, 2.45) is 0 Å². The number of aromatic carboxylic acids is 1. The van der Waals surface area contributed by atoms with Crippen LogP contribution in [-0.2, 0) is 6.42 Å². The van der Waals surface area contributed by atoms with Crippen molar-refractivity contribution in [3.8, 4) is 5.75 Å². The molecule has 0 saturated heterocycles. The second-order valence-corrected chi connectivity index (χ2v) is 5.20. The highest BCUT2D eigenvalue weighted by atomic mass is 16.5. The summed E-state index contributed by atoms with van der Waals surface area (Å²) in [6, 6.07) is 5.14. The first-order chi connectivity index (χ1) is 9.69. The lowest BCUT2D eigenvalue weighted by molar-refractivity contribution is 0.0696. The lowest BCUT2D eigenvalue weighted by Gasteiger charge is -2.09. The summed E-state index contributed by atoms with van der Waals surface area (Å²) in [5, 5.41) is 8.96. The third kappa shape index (κ3) is 5.64. The van der Waals surface area contributed by atoms with Crippen LogP contribution in [0, 0.1) is 0 Å². The van der Waals surface area contributed by atoms with Gasteiger partial charge in [0.05, 0.1) is 12.7 Å². The number of aryl methyl sites for hydroxylation is 1. The third-order valence-electron chi connectivity index (χ3n) is 3.58. The summed E-state index contributed by atoms with van der Waals surface area (Å²) in [6.07, 6.45) is 9.89. The monoisotopic (exact) mass is 278 g/mol. The maximum absolute atomic E-state index is 10.9. The van der Waals surface area contributed by atoms with Gasteiger partial charge in [0.15, 0.2) is 0 Å². The molecule has 0 spiro atoms. The van der Waals surface area contributed by atoms with E-state index in [0.29, 0.717) is 5.75 Å². The molecule has 0 bridgehead atoms. The summed E-state index contributed by atoms with van der Waals surface area (Å²) in [4.78, 5) is 10.9. The molecule has 0 heterocycles. The van der Waals surface area contributed by atoms with Crippen LogP contribution in [0.2, 0.25) is 0 Å². The van der Waals surface area contributed by atoms with Crippen molar-refractivity contribution in [3.63, 3.8) is 0 Å². The predicted octanol–water partition coefficient (Wildman–Crippen LogP) is 4.69. The van der Waals surface area contributed by atoms with E-state index >= 15 is 0 Å². The molecule has 0 saturated carbocycles. The third-order valence-corrected chi connectivity index (χ3v) is 3.58. The minimum Gasteiger partial charge on any atom is -0.496 e. The Labute approximate surface area is 122 Å². The Hall–Kier alpha value is -1.51. The fourth-order valence-corrected chi connectivity index (χ4v) is 2.36. The molecule has 0 radical (unpaired) electrons. The van der Waals surface area contributed by atoms with Crippen LogP contribution in [0.3, 0.4) is 0 Å². The van der Waals surface area contributed by atoms with Crippen molar-refractivity contribution in [1.29, 1.82) is 0 Å². The maximum atomic E-state index is 10.9. The molecule has 1 rings (SSSR count). The molecule has 0 fully saturated rings. The molecule has 3 nitrogen and oxygen atoms in total. The normalized spacial score (nSPS) is 10.5. The molecule has 1 aromatic rings. The first kappa shape index (κ1) is 16.5. The quantitative estimate of drug-likeness (QED) is 0.632. The first-order valence-corrected chi connectivity index (χ1v) is 7.59.